The predicted octanol–water partition coefficient (Wildman–Crippen LogP) is 4.25. The molecule has 2 rings (SSSR count). The number of likely N-dealkylation sites (tertiary alicyclic amines) is 1. The zero-order valence-corrected chi connectivity index (χ0v) is 11.3. The second kappa shape index (κ2) is 8.08. The Morgan fingerprint density at radius 1 is 1.06 bits per heavy atom. The topological polar surface area (TPSA) is 3.24 Å². The van der Waals surface area contributed by atoms with E-state index < -0.39 is 0 Å². The summed E-state index contributed by atoms with van der Waals surface area (Å²) >= 11 is 0. The van der Waals surface area contributed by atoms with Crippen LogP contribution in [0.3, 0.4) is 0 Å². The van der Waals surface area contributed by atoms with Gasteiger partial charge in [-0.1, -0.05) is 62.8 Å². The molecule has 1 heterocycles. The molecule has 0 amide bonds. The maximum absolute atomic E-state index is 4.03. The van der Waals surface area contributed by atoms with Gasteiger partial charge < -0.3 is 0 Å². The summed E-state index contributed by atoms with van der Waals surface area (Å²) in [7, 11) is 0. The second-order valence-corrected chi connectivity index (χ2v) is 4.72. The molecule has 0 radical (unpaired) electrons. The number of piperidine rings is 1. The Kier molecular flexibility index (Phi) is 6.64. The van der Waals surface area contributed by atoms with E-state index >= 15 is 0 Å². The molecule has 0 unspecified atom stereocenters. The minimum Gasteiger partial charge on any atom is -0.298 e. The van der Waals surface area contributed by atoms with Crippen molar-refractivity contribution in [3.05, 3.63) is 48.0 Å². The molecule has 1 aromatic rings. The Morgan fingerprint density at radius 3 is 2.12 bits per heavy atom. The van der Waals surface area contributed by atoms with Gasteiger partial charge in [-0.05, 0) is 18.4 Å². The van der Waals surface area contributed by atoms with Crippen LogP contribution in [0.25, 0.3) is 0 Å². The third-order valence-electron chi connectivity index (χ3n) is 2.81. The van der Waals surface area contributed by atoms with Crippen LogP contribution in [-0.4, -0.2) is 18.0 Å². The number of hydrogen-bond donors (Lipinski definition) is 0. The molecule has 0 aliphatic carbocycles. The lowest BCUT2D eigenvalue weighted by molar-refractivity contribution is 0.248. The highest BCUT2D eigenvalue weighted by Gasteiger charge is 2.11. The summed E-state index contributed by atoms with van der Waals surface area (Å²) in [6.07, 6.45) is 3.60. The summed E-state index contributed by atoms with van der Waals surface area (Å²) in [5.41, 5.74) is 2.83. The van der Waals surface area contributed by atoms with Crippen LogP contribution in [0, 0.1) is 0 Å². The largest absolute Gasteiger partial charge is 0.298 e. The lowest BCUT2D eigenvalue weighted by atomic mass is 10.1. The van der Waals surface area contributed by atoms with E-state index in [0.717, 1.165) is 6.54 Å². The highest BCUT2D eigenvalue weighted by Crippen LogP contribution is 2.16. The van der Waals surface area contributed by atoms with Gasteiger partial charge >= 0.3 is 0 Å². The van der Waals surface area contributed by atoms with Crippen molar-refractivity contribution >= 4 is 0 Å². The average molecular weight is 231 g/mol. The van der Waals surface area contributed by atoms with Gasteiger partial charge in [0.2, 0.25) is 0 Å². The van der Waals surface area contributed by atoms with Crippen LogP contribution in [0.2, 0.25) is 0 Å². The molecule has 1 saturated heterocycles. The fourth-order valence-electron chi connectivity index (χ4n) is 1.87. The smallest absolute Gasteiger partial charge is 0.0233 e. The van der Waals surface area contributed by atoms with E-state index in [1.54, 1.807) is 0 Å². The molecule has 0 bridgehead atoms. The van der Waals surface area contributed by atoms with Crippen LogP contribution in [0.5, 0.6) is 0 Å². The molecular formula is C16H25N. The van der Waals surface area contributed by atoms with Crippen molar-refractivity contribution in [2.24, 2.45) is 0 Å². The number of hydrogen-bond acceptors (Lipinski definition) is 1. The summed E-state index contributed by atoms with van der Waals surface area (Å²) < 4.78 is 0. The Morgan fingerprint density at radius 2 is 1.59 bits per heavy atom. The molecule has 1 aliphatic rings. The SMILES string of the molecule is C=C1CCN(Cc2ccccc2)CC1.CCC. The second-order valence-electron chi connectivity index (χ2n) is 4.72. The minimum atomic E-state index is 1.09. The van der Waals surface area contributed by atoms with E-state index in [9.17, 15) is 0 Å². The maximum atomic E-state index is 4.03. The van der Waals surface area contributed by atoms with E-state index in [4.69, 9.17) is 0 Å². The van der Waals surface area contributed by atoms with Crippen molar-refractivity contribution in [2.75, 3.05) is 13.1 Å². The van der Waals surface area contributed by atoms with Gasteiger partial charge in [0.25, 0.3) is 0 Å². The van der Waals surface area contributed by atoms with E-state index in [1.807, 2.05) is 0 Å². The summed E-state index contributed by atoms with van der Waals surface area (Å²) in [6.45, 7) is 11.7. The Hall–Kier alpha value is -1.08. The zero-order valence-electron chi connectivity index (χ0n) is 11.3. The quantitative estimate of drug-likeness (QED) is 0.688. The summed E-state index contributed by atoms with van der Waals surface area (Å²) in [4.78, 5) is 2.50. The first-order valence-electron chi connectivity index (χ1n) is 6.69. The van der Waals surface area contributed by atoms with Crippen LogP contribution in [0.4, 0.5) is 0 Å². The van der Waals surface area contributed by atoms with Crippen LogP contribution in [-0.2, 0) is 6.54 Å². The first-order chi connectivity index (χ1) is 8.26. The standard InChI is InChI=1S/C13H17N.C3H8/c1-12-7-9-14(10-8-12)11-13-5-3-2-4-6-13;1-3-2/h2-6H,1,7-11H2;3H2,1-2H3. The minimum absolute atomic E-state index is 1.09. The first kappa shape index (κ1) is 14.0. The van der Waals surface area contributed by atoms with Crippen molar-refractivity contribution < 1.29 is 0 Å². The molecule has 1 nitrogen and oxygen atoms in total. The number of benzene rings is 1. The van der Waals surface area contributed by atoms with E-state index in [1.165, 1.54) is 43.5 Å². The highest BCUT2D eigenvalue weighted by molar-refractivity contribution is 5.14. The van der Waals surface area contributed by atoms with Gasteiger partial charge in [0.05, 0.1) is 0 Å². The third kappa shape index (κ3) is 5.69. The lowest BCUT2D eigenvalue weighted by Crippen LogP contribution is -2.29. The van der Waals surface area contributed by atoms with Crippen LogP contribution < -0.4 is 0 Å². The number of rotatable bonds is 2. The summed E-state index contributed by atoms with van der Waals surface area (Å²) in [6, 6.07) is 10.7. The molecule has 0 saturated carbocycles. The van der Waals surface area contributed by atoms with Crippen molar-refractivity contribution in [1.82, 2.24) is 4.90 Å². The molecule has 0 aromatic heterocycles. The van der Waals surface area contributed by atoms with Gasteiger partial charge in [-0.25, -0.2) is 0 Å². The lowest BCUT2D eigenvalue weighted by Gasteiger charge is -2.27. The maximum Gasteiger partial charge on any atom is 0.0233 e. The van der Waals surface area contributed by atoms with Gasteiger partial charge in [-0.2, -0.15) is 0 Å². The van der Waals surface area contributed by atoms with Crippen molar-refractivity contribution in [3.8, 4) is 0 Å². The van der Waals surface area contributed by atoms with Crippen molar-refractivity contribution in [3.63, 3.8) is 0 Å². The number of nitrogens with zero attached hydrogens (tertiary/aromatic N) is 1. The van der Waals surface area contributed by atoms with Crippen LogP contribution in [0.15, 0.2) is 42.5 Å². The molecule has 17 heavy (non-hydrogen) atoms. The highest BCUT2D eigenvalue weighted by atomic mass is 15.1. The van der Waals surface area contributed by atoms with Crippen LogP contribution >= 0.6 is 0 Å². The third-order valence-corrected chi connectivity index (χ3v) is 2.81. The fourth-order valence-corrected chi connectivity index (χ4v) is 1.87. The van der Waals surface area contributed by atoms with Gasteiger partial charge in [0.1, 0.15) is 0 Å². The summed E-state index contributed by atoms with van der Waals surface area (Å²) in [5, 5.41) is 0. The molecule has 0 N–H and O–H groups in total. The predicted molar refractivity (Wildman–Crippen MR) is 76.1 cm³/mol. The van der Waals surface area contributed by atoms with Crippen molar-refractivity contribution in [1.29, 1.82) is 0 Å². The van der Waals surface area contributed by atoms with E-state index in [-0.39, 0.29) is 0 Å². The molecular weight excluding hydrogens is 206 g/mol. The Bertz CT molecular complexity index is 306. The Balaban J connectivity index is 0.000000437. The van der Waals surface area contributed by atoms with Crippen LogP contribution in [0.1, 0.15) is 38.7 Å². The normalized spacial score (nSPS) is 16.2. The monoisotopic (exact) mass is 231 g/mol. The molecule has 1 heteroatoms. The van der Waals surface area contributed by atoms with Gasteiger partial charge in [-0.15, -0.1) is 0 Å². The van der Waals surface area contributed by atoms with Gasteiger partial charge in [0, 0.05) is 19.6 Å². The van der Waals surface area contributed by atoms with Gasteiger partial charge in [-0.3, -0.25) is 4.90 Å². The molecule has 0 spiro atoms. The van der Waals surface area contributed by atoms with Crippen molar-refractivity contribution in [2.45, 2.75) is 39.7 Å². The average Bonchev–Trinajstić information content (AvgIpc) is 2.35. The molecule has 94 valence electrons. The first-order valence-corrected chi connectivity index (χ1v) is 6.69. The van der Waals surface area contributed by atoms with E-state index in [0.29, 0.717) is 0 Å². The Labute approximate surface area is 106 Å². The molecule has 1 aromatic carbocycles. The van der Waals surface area contributed by atoms with Gasteiger partial charge in [0.15, 0.2) is 0 Å². The van der Waals surface area contributed by atoms with E-state index in [2.05, 4.69) is 55.7 Å². The zero-order chi connectivity index (χ0) is 12.5. The fraction of sp³-hybridized carbons (Fsp3) is 0.500. The molecule has 1 aliphatic heterocycles. The molecule has 0 atom stereocenters. The summed E-state index contributed by atoms with van der Waals surface area (Å²) in [5.74, 6) is 0. The molecule has 1 fully saturated rings.